The number of carboxylic acids is 1. The molecular weight excluding hydrogens is 229 g/mol. The summed E-state index contributed by atoms with van der Waals surface area (Å²) in [4.78, 5) is 21.3. The molecule has 0 aliphatic rings. The number of hydrogen-bond donors (Lipinski definition) is 3. The van der Waals surface area contributed by atoms with Crippen molar-refractivity contribution < 1.29 is 27.9 Å². The van der Waals surface area contributed by atoms with Crippen LogP contribution >= 0.6 is 0 Å². The monoisotopic (exact) mass is 242 g/mol. The molecule has 0 aliphatic heterocycles. The molecule has 0 saturated heterocycles. The Kier molecular flexibility index (Phi) is 5.06. The summed E-state index contributed by atoms with van der Waals surface area (Å²) in [7, 11) is 0. The van der Waals surface area contributed by atoms with Crippen LogP contribution in [0.2, 0.25) is 0 Å². The van der Waals surface area contributed by atoms with Crippen LogP contribution in [0.4, 0.5) is 18.0 Å². The molecule has 94 valence electrons. The number of carboxylic acid groups (broad SMARTS) is 1. The fourth-order valence-electron chi connectivity index (χ4n) is 0.922. The van der Waals surface area contributed by atoms with E-state index in [2.05, 4.69) is 0 Å². The highest BCUT2D eigenvalue weighted by Gasteiger charge is 2.30. The van der Waals surface area contributed by atoms with Gasteiger partial charge in [0.25, 0.3) is 0 Å². The average molecular weight is 242 g/mol. The van der Waals surface area contributed by atoms with Gasteiger partial charge in [0.15, 0.2) is 0 Å². The van der Waals surface area contributed by atoms with Crippen molar-refractivity contribution in [3.63, 3.8) is 0 Å². The molecule has 0 aromatic carbocycles. The Morgan fingerprint density at radius 2 is 1.75 bits per heavy atom. The van der Waals surface area contributed by atoms with Gasteiger partial charge in [-0.25, -0.2) is 4.79 Å². The minimum Gasteiger partial charge on any atom is -0.480 e. The molecule has 8 heteroatoms. The van der Waals surface area contributed by atoms with E-state index in [4.69, 9.17) is 5.11 Å². The lowest BCUT2D eigenvalue weighted by Crippen LogP contribution is -2.47. The Hall–Kier alpha value is -1.47. The van der Waals surface area contributed by atoms with Crippen molar-refractivity contribution in [1.29, 1.82) is 0 Å². The minimum atomic E-state index is -4.37. The van der Waals surface area contributed by atoms with Crippen LogP contribution in [0.1, 0.15) is 20.3 Å². The smallest absolute Gasteiger partial charge is 0.391 e. The Morgan fingerprint density at radius 3 is 2.12 bits per heavy atom. The number of urea groups is 1. The van der Waals surface area contributed by atoms with E-state index in [1.807, 2.05) is 10.6 Å². The van der Waals surface area contributed by atoms with Crippen LogP contribution in [0.3, 0.4) is 0 Å². The van der Waals surface area contributed by atoms with E-state index in [9.17, 15) is 22.8 Å². The fourth-order valence-corrected chi connectivity index (χ4v) is 0.922. The zero-order valence-electron chi connectivity index (χ0n) is 8.76. The van der Waals surface area contributed by atoms with Crippen LogP contribution < -0.4 is 10.6 Å². The third-order valence-corrected chi connectivity index (χ3v) is 1.63. The molecule has 2 amide bonds. The molecule has 0 heterocycles. The van der Waals surface area contributed by atoms with Crippen molar-refractivity contribution in [2.75, 3.05) is 0 Å². The predicted octanol–water partition coefficient (Wildman–Crippen LogP) is 1.10. The zero-order chi connectivity index (χ0) is 12.9. The predicted molar refractivity (Wildman–Crippen MR) is 48.9 cm³/mol. The van der Waals surface area contributed by atoms with Gasteiger partial charge in [-0.2, -0.15) is 13.2 Å². The van der Waals surface area contributed by atoms with Crippen LogP contribution in [-0.2, 0) is 4.79 Å². The summed E-state index contributed by atoms with van der Waals surface area (Å²) in [6, 6.07) is -3.20. The quantitative estimate of drug-likeness (QED) is 0.690. The van der Waals surface area contributed by atoms with Gasteiger partial charge >= 0.3 is 18.2 Å². The lowest BCUT2D eigenvalue weighted by molar-refractivity contribution is -0.140. The molecule has 3 N–H and O–H groups in total. The van der Waals surface area contributed by atoms with Crippen molar-refractivity contribution in [2.24, 2.45) is 0 Å². The SMILES string of the molecule is CC(CC(F)(F)F)NC(=O)NC(C)C(=O)O. The lowest BCUT2D eigenvalue weighted by atomic mass is 10.2. The second-order valence-electron chi connectivity index (χ2n) is 3.40. The van der Waals surface area contributed by atoms with Crippen molar-refractivity contribution in [2.45, 2.75) is 38.5 Å². The Morgan fingerprint density at radius 1 is 1.25 bits per heavy atom. The second-order valence-corrected chi connectivity index (χ2v) is 3.40. The Bertz CT molecular complexity index is 268. The van der Waals surface area contributed by atoms with Gasteiger partial charge in [-0.3, -0.25) is 4.79 Å². The number of carbonyl (C=O) groups is 2. The number of halogens is 3. The molecule has 0 aromatic heterocycles. The van der Waals surface area contributed by atoms with Gasteiger partial charge in [-0.1, -0.05) is 0 Å². The van der Waals surface area contributed by atoms with Gasteiger partial charge in [0, 0.05) is 6.04 Å². The van der Waals surface area contributed by atoms with Crippen LogP contribution in [0, 0.1) is 0 Å². The molecule has 2 unspecified atom stereocenters. The van der Waals surface area contributed by atoms with Crippen LogP contribution in [0.15, 0.2) is 0 Å². The van der Waals surface area contributed by atoms with Gasteiger partial charge in [-0.05, 0) is 13.8 Å². The molecule has 0 radical (unpaired) electrons. The van der Waals surface area contributed by atoms with Gasteiger partial charge in [-0.15, -0.1) is 0 Å². The molecule has 0 rings (SSSR count). The van der Waals surface area contributed by atoms with E-state index in [1.54, 1.807) is 0 Å². The summed E-state index contributed by atoms with van der Waals surface area (Å²) in [5.41, 5.74) is 0. The molecular formula is C8H13F3N2O3. The van der Waals surface area contributed by atoms with Gasteiger partial charge in [0.1, 0.15) is 6.04 Å². The minimum absolute atomic E-state index is 0.938. The summed E-state index contributed by atoms with van der Waals surface area (Å²) >= 11 is 0. The number of amides is 2. The molecule has 5 nitrogen and oxygen atoms in total. The van der Waals surface area contributed by atoms with Gasteiger partial charge < -0.3 is 15.7 Å². The number of rotatable bonds is 4. The highest BCUT2D eigenvalue weighted by molar-refractivity contribution is 5.82. The van der Waals surface area contributed by atoms with E-state index >= 15 is 0 Å². The number of carbonyl (C=O) groups excluding carboxylic acids is 1. The first-order valence-corrected chi connectivity index (χ1v) is 4.48. The highest BCUT2D eigenvalue weighted by Crippen LogP contribution is 2.21. The lowest BCUT2D eigenvalue weighted by Gasteiger charge is -2.17. The average Bonchev–Trinajstić information content (AvgIpc) is 1.98. The van der Waals surface area contributed by atoms with Crippen molar-refractivity contribution in [3.05, 3.63) is 0 Å². The molecule has 0 aliphatic carbocycles. The highest BCUT2D eigenvalue weighted by atomic mass is 19.4. The third-order valence-electron chi connectivity index (χ3n) is 1.63. The molecule has 0 spiro atoms. The zero-order valence-corrected chi connectivity index (χ0v) is 8.76. The topological polar surface area (TPSA) is 78.4 Å². The summed E-state index contributed by atoms with van der Waals surface area (Å²) in [6.07, 6.45) is -5.53. The first-order valence-electron chi connectivity index (χ1n) is 4.48. The number of alkyl halides is 3. The van der Waals surface area contributed by atoms with Crippen LogP contribution in [0.25, 0.3) is 0 Å². The van der Waals surface area contributed by atoms with E-state index < -0.39 is 36.7 Å². The molecule has 2 atom stereocenters. The van der Waals surface area contributed by atoms with E-state index in [0.717, 1.165) is 0 Å². The largest absolute Gasteiger partial charge is 0.480 e. The maximum absolute atomic E-state index is 11.9. The van der Waals surface area contributed by atoms with Crippen LogP contribution in [-0.4, -0.2) is 35.4 Å². The third kappa shape index (κ3) is 6.91. The second kappa shape index (κ2) is 5.57. The van der Waals surface area contributed by atoms with Crippen molar-refractivity contribution >= 4 is 12.0 Å². The molecule has 16 heavy (non-hydrogen) atoms. The summed E-state index contributed by atoms with van der Waals surface area (Å²) in [5, 5.41) is 12.4. The molecule has 0 fully saturated rings. The molecule has 0 bridgehead atoms. The number of aliphatic carboxylic acids is 1. The van der Waals surface area contributed by atoms with E-state index in [0.29, 0.717) is 0 Å². The Labute approximate surface area is 90.0 Å². The summed E-state index contributed by atoms with van der Waals surface area (Å²) < 4.78 is 35.6. The van der Waals surface area contributed by atoms with Crippen molar-refractivity contribution in [1.82, 2.24) is 10.6 Å². The molecule has 0 aromatic rings. The standard InChI is InChI=1S/C8H13F3N2O3/c1-4(3-8(9,10)11)12-7(16)13-5(2)6(14)15/h4-5H,3H2,1-2H3,(H,14,15)(H2,12,13,16). The number of nitrogens with one attached hydrogen (secondary N) is 2. The molecule has 0 saturated carbocycles. The summed E-state index contributed by atoms with van der Waals surface area (Å²) in [5.74, 6) is -1.27. The van der Waals surface area contributed by atoms with Crippen LogP contribution in [0.5, 0.6) is 0 Å². The maximum atomic E-state index is 11.9. The Balaban J connectivity index is 4.01. The maximum Gasteiger partial charge on any atom is 0.391 e. The summed E-state index contributed by atoms with van der Waals surface area (Å²) in [6.45, 7) is 2.38. The first kappa shape index (κ1) is 14.5. The van der Waals surface area contributed by atoms with Gasteiger partial charge in [0.05, 0.1) is 6.42 Å². The van der Waals surface area contributed by atoms with Crippen molar-refractivity contribution in [3.8, 4) is 0 Å². The number of hydrogen-bond acceptors (Lipinski definition) is 2. The normalized spacial score (nSPS) is 15.1. The fraction of sp³-hybridized carbons (Fsp3) is 0.750. The van der Waals surface area contributed by atoms with Gasteiger partial charge in [0.2, 0.25) is 0 Å². The van der Waals surface area contributed by atoms with E-state index in [-0.39, 0.29) is 0 Å². The van der Waals surface area contributed by atoms with E-state index in [1.165, 1.54) is 13.8 Å². The first-order chi connectivity index (χ1) is 7.11.